The molecule has 2 unspecified atom stereocenters. The number of halogens is 2. The van der Waals surface area contributed by atoms with Crippen molar-refractivity contribution in [3.8, 4) is 0 Å². The topological polar surface area (TPSA) is 45.7 Å². The van der Waals surface area contributed by atoms with Gasteiger partial charge in [-0.05, 0) is 43.7 Å². The van der Waals surface area contributed by atoms with Gasteiger partial charge in [-0.2, -0.15) is 0 Å². The number of guanidine groups is 1. The Morgan fingerprint density at radius 3 is 2.60 bits per heavy atom. The number of ether oxygens (including phenoxy) is 1. The van der Waals surface area contributed by atoms with Crippen LogP contribution >= 0.6 is 35.6 Å². The maximum Gasteiger partial charge on any atom is 0.191 e. The average Bonchev–Trinajstić information content (AvgIpc) is 3.29. The number of nitrogens with zero attached hydrogens (tertiary/aromatic N) is 1. The first-order chi connectivity index (χ1) is 11.6. The minimum atomic E-state index is -0.0336. The highest BCUT2D eigenvalue weighted by Gasteiger charge is 2.37. The summed E-state index contributed by atoms with van der Waals surface area (Å²) >= 11 is 6.52. The van der Waals surface area contributed by atoms with Gasteiger partial charge in [0.15, 0.2) is 5.96 Å². The molecule has 0 aromatic heterocycles. The molecule has 0 spiro atoms. The molecule has 1 aromatic carbocycles. The number of hydrogen-bond acceptors (Lipinski definition) is 2. The molecule has 2 aliphatic rings. The third-order valence-electron chi connectivity index (χ3n) is 5.21. The van der Waals surface area contributed by atoms with Gasteiger partial charge >= 0.3 is 0 Å². The molecule has 6 heteroatoms. The molecule has 3 rings (SSSR count). The molecule has 4 nitrogen and oxygen atoms in total. The molecular formula is C19H29ClIN3O. The summed E-state index contributed by atoms with van der Waals surface area (Å²) in [6.07, 6.45) is 3.15. The van der Waals surface area contributed by atoms with E-state index in [1.54, 1.807) is 0 Å². The van der Waals surface area contributed by atoms with Crippen LogP contribution in [0.3, 0.4) is 0 Å². The molecule has 1 heterocycles. The van der Waals surface area contributed by atoms with E-state index in [2.05, 4.69) is 36.6 Å². The molecule has 2 N–H and O–H groups in total. The number of benzene rings is 1. The Morgan fingerprint density at radius 2 is 2.00 bits per heavy atom. The normalized spacial score (nSPS) is 25.0. The Morgan fingerprint density at radius 1 is 1.32 bits per heavy atom. The van der Waals surface area contributed by atoms with Crippen molar-refractivity contribution in [1.82, 2.24) is 10.6 Å². The predicted molar refractivity (Wildman–Crippen MR) is 115 cm³/mol. The molecule has 0 bridgehead atoms. The second-order valence-corrected chi connectivity index (χ2v) is 7.44. The zero-order chi connectivity index (χ0) is 17.0. The number of nitrogens with one attached hydrogen (secondary N) is 2. The lowest BCUT2D eigenvalue weighted by molar-refractivity contribution is 0.0531. The fraction of sp³-hybridized carbons (Fsp3) is 0.632. The summed E-state index contributed by atoms with van der Waals surface area (Å²) in [4.78, 5) is 4.92. The maximum atomic E-state index is 6.52. The minimum Gasteiger partial charge on any atom is -0.381 e. The molecular weight excluding hydrogens is 449 g/mol. The van der Waals surface area contributed by atoms with Crippen molar-refractivity contribution < 1.29 is 4.74 Å². The Labute approximate surface area is 173 Å². The van der Waals surface area contributed by atoms with E-state index in [9.17, 15) is 0 Å². The van der Waals surface area contributed by atoms with Crippen molar-refractivity contribution in [3.63, 3.8) is 0 Å². The lowest BCUT2D eigenvalue weighted by Crippen LogP contribution is -2.42. The van der Waals surface area contributed by atoms with Crippen molar-refractivity contribution in [2.24, 2.45) is 10.9 Å². The van der Waals surface area contributed by atoms with Gasteiger partial charge in [-0.1, -0.05) is 36.7 Å². The van der Waals surface area contributed by atoms with Crippen molar-refractivity contribution >= 4 is 41.5 Å². The number of hydrogen-bond donors (Lipinski definition) is 2. The molecule has 1 saturated heterocycles. The first-order valence-electron chi connectivity index (χ1n) is 9.02. The summed E-state index contributed by atoms with van der Waals surface area (Å²) in [5.41, 5.74) is 1.17. The van der Waals surface area contributed by atoms with Crippen LogP contribution in [0.15, 0.2) is 29.3 Å². The first kappa shape index (κ1) is 20.8. The molecule has 0 amide bonds. The van der Waals surface area contributed by atoms with E-state index in [1.807, 2.05) is 12.1 Å². The van der Waals surface area contributed by atoms with Gasteiger partial charge in [-0.15, -0.1) is 24.0 Å². The van der Waals surface area contributed by atoms with Crippen molar-refractivity contribution in [2.45, 2.75) is 44.6 Å². The van der Waals surface area contributed by atoms with E-state index < -0.39 is 0 Å². The van der Waals surface area contributed by atoms with E-state index in [1.165, 1.54) is 12.0 Å². The third-order valence-corrected chi connectivity index (χ3v) is 5.54. The minimum absolute atomic E-state index is 0. The second-order valence-electron chi connectivity index (χ2n) is 7.03. The molecule has 0 radical (unpaired) electrons. The molecule has 1 aliphatic carbocycles. The molecule has 1 aliphatic heterocycles. The third kappa shape index (κ3) is 5.23. The lowest BCUT2D eigenvalue weighted by Gasteiger charge is -2.37. The van der Waals surface area contributed by atoms with Crippen LogP contribution in [0.25, 0.3) is 0 Å². The van der Waals surface area contributed by atoms with Gasteiger partial charge in [0.2, 0.25) is 0 Å². The molecule has 140 valence electrons. The largest absolute Gasteiger partial charge is 0.381 e. The standard InChI is InChI=1S/C19H28ClN3O.HI/c1-3-21-18(23-17-12-14(17)2)22-13-19(8-10-24-11-9-19)15-6-4-5-7-16(15)20;/h4-7,14,17H,3,8-13H2,1-2H3,(H2,21,22,23);1H. The molecule has 25 heavy (non-hydrogen) atoms. The van der Waals surface area contributed by atoms with Gasteiger partial charge in [0.05, 0.1) is 6.54 Å². The van der Waals surface area contributed by atoms with Gasteiger partial charge in [0, 0.05) is 36.2 Å². The predicted octanol–water partition coefficient (Wildman–Crippen LogP) is 3.97. The van der Waals surface area contributed by atoms with Crippen molar-refractivity contribution in [3.05, 3.63) is 34.9 Å². The zero-order valence-corrected chi connectivity index (χ0v) is 18.1. The summed E-state index contributed by atoms with van der Waals surface area (Å²) in [5, 5.41) is 7.75. The summed E-state index contributed by atoms with van der Waals surface area (Å²) in [6, 6.07) is 8.74. The van der Waals surface area contributed by atoms with Crippen LogP contribution in [0.5, 0.6) is 0 Å². The van der Waals surface area contributed by atoms with Crippen molar-refractivity contribution in [1.29, 1.82) is 0 Å². The van der Waals surface area contributed by atoms with E-state index in [-0.39, 0.29) is 29.4 Å². The van der Waals surface area contributed by atoms with Gasteiger partial charge < -0.3 is 15.4 Å². The SMILES string of the molecule is CCNC(=NCC1(c2ccccc2Cl)CCOCC1)NC1CC1C.I. The molecule has 1 saturated carbocycles. The number of rotatable bonds is 5. The first-order valence-corrected chi connectivity index (χ1v) is 9.40. The summed E-state index contributed by atoms with van der Waals surface area (Å²) in [6.45, 7) is 7.51. The Hall–Kier alpha value is -0.530. The highest BCUT2D eigenvalue weighted by molar-refractivity contribution is 14.0. The second kappa shape index (κ2) is 9.42. The van der Waals surface area contributed by atoms with E-state index in [4.69, 9.17) is 21.3 Å². The smallest absolute Gasteiger partial charge is 0.191 e. The van der Waals surface area contributed by atoms with E-state index in [0.717, 1.165) is 56.0 Å². The zero-order valence-electron chi connectivity index (χ0n) is 15.1. The van der Waals surface area contributed by atoms with Crippen LogP contribution in [-0.2, 0) is 10.2 Å². The van der Waals surface area contributed by atoms with Crippen LogP contribution in [0, 0.1) is 5.92 Å². The Kier molecular flexibility index (Phi) is 7.83. The summed E-state index contributed by atoms with van der Waals surface area (Å²) < 4.78 is 5.61. The quantitative estimate of drug-likeness (QED) is 0.383. The highest BCUT2D eigenvalue weighted by atomic mass is 127. The van der Waals surface area contributed by atoms with Crippen LogP contribution in [0.4, 0.5) is 0 Å². The van der Waals surface area contributed by atoms with Gasteiger partial charge in [-0.25, -0.2) is 0 Å². The summed E-state index contributed by atoms with van der Waals surface area (Å²) in [7, 11) is 0. The Bertz CT molecular complexity index is 590. The van der Waals surface area contributed by atoms with Gasteiger partial charge in [0.25, 0.3) is 0 Å². The van der Waals surface area contributed by atoms with Crippen molar-refractivity contribution in [2.75, 3.05) is 26.3 Å². The molecule has 1 aromatic rings. The monoisotopic (exact) mass is 477 g/mol. The van der Waals surface area contributed by atoms with Crippen LogP contribution < -0.4 is 10.6 Å². The fourth-order valence-corrected chi connectivity index (χ4v) is 3.75. The van der Waals surface area contributed by atoms with Crippen LogP contribution in [-0.4, -0.2) is 38.3 Å². The fourth-order valence-electron chi connectivity index (χ4n) is 3.42. The van der Waals surface area contributed by atoms with Crippen LogP contribution in [0.1, 0.15) is 38.7 Å². The van der Waals surface area contributed by atoms with E-state index >= 15 is 0 Å². The molecule has 2 atom stereocenters. The van der Waals surface area contributed by atoms with Gasteiger partial charge in [-0.3, -0.25) is 4.99 Å². The van der Waals surface area contributed by atoms with Gasteiger partial charge in [0.1, 0.15) is 0 Å². The van der Waals surface area contributed by atoms with Crippen LogP contribution in [0.2, 0.25) is 5.02 Å². The highest BCUT2D eigenvalue weighted by Crippen LogP contribution is 2.39. The maximum absolute atomic E-state index is 6.52. The van der Waals surface area contributed by atoms with E-state index in [0.29, 0.717) is 6.04 Å². The number of aliphatic imine (C=N–C) groups is 1. The average molecular weight is 478 g/mol. The summed E-state index contributed by atoms with van der Waals surface area (Å²) in [5.74, 6) is 1.67. The molecule has 2 fully saturated rings. The lowest BCUT2D eigenvalue weighted by atomic mass is 9.74. The Balaban J connectivity index is 0.00000225.